The fraction of sp³-hybridized carbons (Fsp3) is 0.231. The SMILES string of the molecule is CC(NCc1sccc1Br)c1ccc(Cl)cc1Cl. The molecule has 0 aliphatic heterocycles. The summed E-state index contributed by atoms with van der Waals surface area (Å²) in [4.78, 5) is 1.28. The fourth-order valence-electron chi connectivity index (χ4n) is 1.66. The van der Waals surface area contributed by atoms with Crippen molar-refractivity contribution in [2.24, 2.45) is 0 Å². The molecule has 96 valence electrons. The van der Waals surface area contributed by atoms with E-state index in [1.807, 2.05) is 12.1 Å². The number of rotatable bonds is 4. The van der Waals surface area contributed by atoms with Gasteiger partial charge in [-0.15, -0.1) is 11.3 Å². The van der Waals surface area contributed by atoms with Crippen LogP contribution < -0.4 is 5.32 Å². The van der Waals surface area contributed by atoms with E-state index < -0.39 is 0 Å². The number of halogens is 3. The molecule has 1 aromatic carbocycles. The van der Waals surface area contributed by atoms with Gasteiger partial charge in [0.25, 0.3) is 0 Å². The van der Waals surface area contributed by atoms with Crippen molar-refractivity contribution in [1.29, 1.82) is 0 Å². The average molecular weight is 365 g/mol. The van der Waals surface area contributed by atoms with Crippen LogP contribution in [0.2, 0.25) is 10.0 Å². The Morgan fingerprint density at radius 2 is 2.11 bits per heavy atom. The third-order valence-electron chi connectivity index (χ3n) is 2.69. The molecule has 1 aromatic heterocycles. The van der Waals surface area contributed by atoms with Gasteiger partial charge in [-0.3, -0.25) is 0 Å². The smallest absolute Gasteiger partial charge is 0.0468 e. The summed E-state index contributed by atoms with van der Waals surface area (Å²) in [5.41, 5.74) is 1.06. The Labute approximate surface area is 129 Å². The van der Waals surface area contributed by atoms with Crippen LogP contribution in [0.1, 0.15) is 23.4 Å². The van der Waals surface area contributed by atoms with E-state index in [1.165, 1.54) is 4.88 Å². The van der Waals surface area contributed by atoms with Gasteiger partial charge in [0.05, 0.1) is 0 Å². The van der Waals surface area contributed by atoms with Crippen LogP contribution >= 0.6 is 50.5 Å². The third-order valence-corrected chi connectivity index (χ3v) is 5.18. The Kier molecular flexibility index (Phi) is 5.10. The molecule has 0 fully saturated rings. The molecule has 0 aliphatic rings. The van der Waals surface area contributed by atoms with Gasteiger partial charge in [0.1, 0.15) is 0 Å². The number of thiophene rings is 1. The average Bonchev–Trinajstić information content (AvgIpc) is 2.72. The molecule has 5 heteroatoms. The van der Waals surface area contributed by atoms with Crippen molar-refractivity contribution in [1.82, 2.24) is 5.32 Å². The molecule has 1 N–H and O–H groups in total. The van der Waals surface area contributed by atoms with E-state index in [4.69, 9.17) is 23.2 Å². The Morgan fingerprint density at radius 1 is 1.33 bits per heavy atom. The van der Waals surface area contributed by atoms with Crippen LogP contribution in [0.25, 0.3) is 0 Å². The van der Waals surface area contributed by atoms with E-state index in [0.717, 1.165) is 16.6 Å². The maximum absolute atomic E-state index is 6.19. The topological polar surface area (TPSA) is 12.0 Å². The summed E-state index contributed by atoms with van der Waals surface area (Å²) >= 11 is 17.3. The van der Waals surface area contributed by atoms with Crippen molar-refractivity contribution < 1.29 is 0 Å². The number of hydrogen-bond acceptors (Lipinski definition) is 2. The second kappa shape index (κ2) is 6.40. The second-order valence-electron chi connectivity index (χ2n) is 3.96. The first-order chi connectivity index (χ1) is 8.58. The second-order valence-corrected chi connectivity index (χ2v) is 6.66. The van der Waals surface area contributed by atoms with Gasteiger partial charge in [0.2, 0.25) is 0 Å². The van der Waals surface area contributed by atoms with Gasteiger partial charge in [-0.05, 0) is 52.0 Å². The molecule has 1 unspecified atom stereocenters. The molecule has 0 saturated heterocycles. The standard InChI is InChI=1S/C13H12BrCl2NS/c1-8(10-3-2-9(15)6-12(10)16)17-7-13-11(14)4-5-18-13/h2-6,8,17H,7H2,1H3. The zero-order valence-electron chi connectivity index (χ0n) is 9.71. The van der Waals surface area contributed by atoms with Crippen molar-refractivity contribution in [3.63, 3.8) is 0 Å². The van der Waals surface area contributed by atoms with Crippen molar-refractivity contribution >= 4 is 50.5 Å². The lowest BCUT2D eigenvalue weighted by Gasteiger charge is -2.15. The zero-order valence-corrected chi connectivity index (χ0v) is 13.6. The van der Waals surface area contributed by atoms with Crippen molar-refractivity contribution in [2.45, 2.75) is 19.5 Å². The summed E-state index contributed by atoms with van der Waals surface area (Å²) in [6, 6.07) is 7.84. The highest BCUT2D eigenvalue weighted by Crippen LogP contribution is 2.27. The molecule has 1 nitrogen and oxygen atoms in total. The summed E-state index contributed by atoms with van der Waals surface area (Å²) in [6.07, 6.45) is 0. The van der Waals surface area contributed by atoms with Crippen molar-refractivity contribution in [3.05, 3.63) is 54.6 Å². The Morgan fingerprint density at radius 3 is 2.72 bits per heavy atom. The Hall–Kier alpha value is -0.0600. The molecule has 0 amide bonds. The van der Waals surface area contributed by atoms with Gasteiger partial charge in [0.15, 0.2) is 0 Å². The minimum Gasteiger partial charge on any atom is -0.305 e. The minimum absolute atomic E-state index is 0.184. The summed E-state index contributed by atoms with van der Waals surface area (Å²) in [7, 11) is 0. The molecule has 0 spiro atoms. The lowest BCUT2D eigenvalue weighted by atomic mass is 10.1. The fourth-order valence-corrected chi connectivity index (χ4v) is 3.68. The largest absolute Gasteiger partial charge is 0.305 e. The quantitative estimate of drug-likeness (QED) is 0.737. The third kappa shape index (κ3) is 3.49. The van der Waals surface area contributed by atoms with Crippen LogP contribution in [0.4, 0.5) is 0 Å². The normalized spacial score (nSPS) is 12.7. The predicted octanol–water partition coefficient (Wildman–Crippen LogP) is 5.67. The molecule has 0 radical (unpaired) electrons. The van der Waals surface area contributed by atoms with E-state index in [9.17, 15) is 0 Å². The molecular weight excluding hydrogens is 353 g/mol. The Balaban J connectivity index is 2.03. The molecule has 2 rings (SSSR count). The zero-order chi connectivity index (χ0) is 13.1. The minimum atomic E-state index is 0.184. The highest BCUT2D eigenvalue weighted by atomic mass is 79.9. The van der Waals surface area contributed by atoms with Crippen LogP contribution in [-0.2, 0) is 6.54 Å². The van der Waals surface area contributed by atoms with Gasteiger partial charge in [0, 0.05) is 32.0 Å². The monoisotopic (exact) mass is 363 g/mol. The molecule has 0 bridgehead atoms. The maximum Gasteiger partial charge on any atom is 0.0468 e. The predicted molar refractivity (Wildman–Crippen MR) is 83.7 cm³/mol. The van der Waals surface area contributed by atoms with E-state index in [1.54, 1.807) is 17.4 Å². The molecule has 2 aromatic rings. The lowest BCUT2D eigenvalue weighted by molar-refractivity contribution is 0.578. The molecule has 0 aliphatic carbocycles. The summed E-state index contributed by atoms with van der Waals surface area (Å²) in [5.74, 6) is 0. The molecule has 1 atom stereocenters. The van der Waals surface area contributed by atoms with Gasteiger partial charge < -0.3 is 5.32 Å². The van der Waals surface area contributed by atoms with Gasteiger partial charge in [-0.25, -0.2) is 0 Å². The summed E-state index contributed by atoms with van der Waals surface area (Å²) in [5, 5.41) is 6.89. The van der Waals surface area contributed by atoms with E-state index in [-0.39, 0.29) is 6.04 Å². The maximum atomic E-state index is 6.19. The lowest BCUT2D eigenvalue weighted by Crippen LogP contribution is -2.18. The summed E-state index contributed by atoms with van der Waals surface area (Å²) in [6.45, 7) is 2.91. The van der Waals surface area contributed by atoms with Crippen LogP contribution in [-0.4, -0.2) is 0 Å². The van der Waals surface area contributed by atoms with Gasteiger partial charge in [-0.2, -0.15) is 0 Å². The molecule has 0 saturated carbocycles. The molecule has 1 heterocycles. The van der Waals surface area contributed by atoms with E-state index in [0.29, 0.717) is 10.0 Å². The van der Waals surface area contributed by atoms with Crippen LogP contribution in [0.5, 0.6) is 0 Å². The van der Waals surface area contributed by atoms with E-state index >= 15 is 0 Å². The first-order valence-corrected chi connectivity index (χ1v) is 7.91. The van der Waals surface area contributed by atoms with Crippen molar-refractivity contribution in [2.75, 3.05) is 0 Å². The van der Waals surface area contributed by atoms with Crippen LogP contribution in [0.3, 0.4) is 0 Å². The molecular formula is C13H12BrCl2NS. The highest BCUT2D eigenvalue weighted by molar-refractivity contribution is 9.10. The first kappa shape index (κ1) is 14.4. The Bertz CT molecular complexity index is 542. The van der Waals surface area contributed by atoms with Crippen LogP contribution in [0, 0.1) is 0 Å². The summed E-state index contributed by atoms with van der Waals surface area (Å²) < 4.78 is 1.15. The number of nitrogens with one attached hydrogen (secondary N) is 1. The highest BCUT2D eigenvalue weighted by Gasteiger charge is 2.10. The van der Waals surface area contributed by atoms with Gasteiger partial charge >= 0.3 is 0 Å². The molecule has 18 heavy (non-hydrogen) atoms. The van der Waals surface area contributed by atoms with Gasteiger partial charge in [-0.1, -0.05) is 29.3 Å². The van der Waals surface area contributed by atoms with E-state index in [2.05, 4.69) is 39.6 Å². The van der Waals surface area contributed by atoms with Crippen molar-refractivity contribution in [3.8, 4) is 0 Å². The van der Waals surface area contributed by atoms with Crippen LogP contribution in [0.15, 0.2) is 34.1 Å². The first-order valence-electron chi connectivity index (χ1n) is 5.48. The number of benzene rings is 1. The number of hydrogen-bond donors (Lipinski definition) is 1.